The van der Waals surface area contributed by atoms with Crippen LogP contribution in [0.5, 0.6) is 0 Å². The number of carbonyl (C=O) groups is 1. The van der Waals surface area contributed by atoms with E-state index in [2.05, 4.69) is 25.7 Å². The normalized spacial score (nSPS) is 21.0. The second-order valence-corrected chi connectivity index (χ2v) is 13.4. The monoisotopic (exact) mass is 597 g/mol. The number of anilines is 2. The predicted molar refractivity (Wildman–Crippen MR) is 156 cm³/mol. The summed E-state index contributed by atoms with van der Waals surface area (Å²) in [5.41, 5.74) is 7.71. The highest BCUT2D eigenvalue weighted by Gasteiger charge is 2.40. The van der Waals surface area contributed by atoms with Crippen LogP contribution < -0.4 is 16.4 Å². The van der Waals surface area contributed by atoms with Crippen LogP contribution in [0.4, 0.5) is 20.4 Å². The van der Waals surface area contributed by atoms with Gasteiger partial charge in [0, 0.05) is 24.5 Å². The Morgan fingerprint density at radius 1 is 1.12 bits per heavy atom. The third-order valence-electron chi connectivity index (χ3n) is 7.63. The zero-order chi connectivity index (χ0) is 30.3. The summed E-state index contributed by atoms with van der Waals surface area (Å²) in [4.78, 5) is 21.2. The number of nitrogens with one attached hydrogen (secondary N) is 2. The van der Waals surface area contributed by atoms with Gasteiger partial charge in [-0.05, 0) is 74.4 Å². The molecule has 4 N–H and O–H groups in total. The van der Waals surface area contributed by atoms with Gasteiger partial charge >= 0.3 is 0 Å². The minimum atomic E-state index is -3.30. The van der Waals surface area contributed by atoms with Crippen LogP contribution in [0.3, 0.4) is 0 Å². The molecule has 42 heavy (non-hydrogen) atoms. The second-order valence-electron chi connectivity index (χ2n) is 11.2. The van der Waals surface area contributed by atoms with Crippen molar-refractivity contribution in [3.63, 3.8) is 0 Å². The van der Waals surface area contributed by atoms with Gasteiger partial charge in [0.05, 0.1) is 45.7 Å². The summed E-state index contributed by atoms with van der Waals surface area (Å²) in [5, 5.41) is 9.71. The van der Waals surface area contributed by atoms with Gasteiger partial charge in [-0.1, -0.05) is 6.92 Å². The third-order valence-corrected chi connectivity index (χ3v) is 9.43. The van der Waals surface area contributed by atoms with Crippen LogP contribution in [0, 0.1) is 17.6 Å². The Kier molecular flexibility index (Phi) is 7.99. The topological polar surface area (TPSA) is 144 Å². The van der Waals surface area contributed by atoms with Gasteiger partial charge in [-0.3, -0.25) is 9.78 Å². The van der Waals surface area contributed by atoms with E-state index >= 15 is 4.39 Å². The number of amides is 1. The summed E-state index contributed by atoms with van der Waals surface area (Å²) in [6.45, 7) is 5.39. The maximum atomic E-state index is 15.5. The lowest BCUT2D eigenvalue weighted by molar-refractivity contribution is 0.0939. The van der Waals surface area contributed by atoms with Crippen molar-refractivity contribution in [2.75, 3.05) is 11.6 Å². The Balaban J connectivity index is 1.49. The maximum Gasteiger partial charge on any atom is 0.254 e. The number of nitrogens with two attached hydrogens (primary N) is 1. The number of hydrogen-bond acceptors (Lipinski definition) is 8. The summed E-state index contributed by atoms with van der Waals surface area (Å²) in [6.07, 6.45) is 7.18. The number of nitrogens with zero attached hydrogens (tertiary/aromatic N) is 4. The summed E-state index contributed by atoms with van der Waals surface area (Å²) in [5.74, 6) is -2.43. The number of pyridine rings is 1. The van der Waals surface area contributed by atoms with Gasteiger partial charge in [-0.2, -0.15) is 9.61 Å². The van der Waals surface area contributed by atoms with Crippen molar-refractivity contribution in [2.24, 2.45) is 11.7 Å². The Labute approximate surface area is 242 Å². The van der Waals surface area contributed by atoms with Crippen LogP contribution in [-0.2, 0) is 9.84 Å². The highest BCUT2D eigenvalue weighted by molar-refractivity contribution is 7.91. The van der Waals surface area contributed by atoms with E-state index in [0.717, 1.165) is 17.7 Å². The van der Waals surface area contributed by atoms with Crippen LogP contribution in [0.1, 0.15) is 55.5 Å². The highest BCUT2D eigenvalue weighted by atomic mass is 32.2. The maximum absolute atomic E-state index is 15.5. The number of rotatable bonds is 7. The molecule has 0 bridgehead atoms. The standard InChI is InChI=1S/C29H33F2N7O3S/c1-15(2)35-28(39)20-6-7-21(30)25(26(20)31)23-8-5-18-13-34-29(38(18)37-23)36-24-14-33-10-9-19(24)17-11-16(3)27(22(32)12-17)42(4,40)41/h5-10,13-17,22,27H,11-12,32H2,1-4H3,(H,34,36)(H,35,39). The van der Waals surface area contributed by atoms with Crippen molar-refractivity contribution in [3.8, 4) is 11.3 Å². The van der Waals surface area contributed by atoms with Crippen molar-refractivity contribution < 1.29 is 22.0 Å². The molecule has 1 amide bonds. The average Bonchev–Trinajstić information content (AvgIpc) is 3.29. The molecule has 13 heteroatoms. The molecule has 222 valence electrons. The largest absolute Gasteiger partial charge is 0.350 e. The zero-order valence-corrected chi connectivity index (χ0v) is 24.5. The molecular weight excluding hydrogens is 564 g/mol. The van der Waals surface area contributed by atoms with Crippen LogP contribution in [0.25, 0.3) is 16.8 Å². The van der Waals surface area contributed by atoms with Crippen LogP contribution in [0.2, 0.25) is 0 Å². The molecule has 1 fully saturated rings. The van der Waals surface area contributed by atoms with E-state index in [1.807, 2.05) is 13.0 Å². The van der Waals surface area contributed by atoms with Gasteiger partial charge in [-0.25, -0.2) is 22.2 Å². The van der Waals surface area contributed by atoms with E-state index < -0.39 is 44.2 Å². The Morgan fingerprint density at radius 3 is 2.57 bits per heavy atom. The predicted octanol–water partition coefficient (Wildman–Crippen LogP) is 4.21. The first-order valence-electron chi connectivity index (χ1n) is 13.6. The molecule has 4 aromatic rings. The number of benzene rings is 1. The molecule has 0 spiro atoms. The lowest BCUT2D eigenvalue weighted by Gasteiger charge is -2.38. The first-order valence-corrected chi connectivity index (χ1v) is 15.6. The molecule has 3 aromatic heterocycles. The molecule has 1 aliphatic carbocycles. The van der Waals surface area contributed by atoms with Gasteiger partial charge in [0.1, 0.15) is 11.6 Å². The minimum absolute atomic E-state index is 0.0250. The van der Waals surface area contributed by atoms with E-state index in [1.165, 1.54) is 16.8 Å². The van der Waals surface area contributed by atoms with Crippen molar-refractivity contribution in [1.29, 1.82) is 0 Å². The van der Waals surface area contributed by atoms with Gasteiger partial charge in [-0.15, -0.1) is 0 Å². The van der Waals surface area contributed by atoms with Crippen LogP contribution in [-0.4, -0.2) is 57.5 Å². The molecule has 3 heterocycles. The summed E-state index contributed by atoms with van der Waals surface area (Å²) in [6, 6.07) is 6.34. The van der Waals surface area contributed by atoms with Gasteiger partial charge in [0.15, 0.2) is 9.84 Å². The van der Waals surface area contributed by atoms with Crippen LogP contribution in [0.15, 0.2) is 48.9 Å². The molecule has 0 radical (unpaired) electrons. The zero-order valence-electron chi connectivity index (χ0n) is 23.7. The van der Waals surface area contributed by atoms with E-state index in [0.29, 0.717) is 24.0 Å². The minimum Gasteiger partial charge on any atom is -0.350 e. The third kappa shape index (κ3) is 5.71. The Hall–Kier alpha value is -3.97. The summed E-state index contributed by atoms with van der Waals surface area (Å²) in [7, 11) is -3.30. The number of halogens is 2. The fraction of sp³-hybridized carbons (Fsp3) is 0.379. The van der Waals surface area contributed by atoms with Crippen molar-refractivity contribution >= 4 is 32.9 Å². The number of hydrogen-bond donors (Lipinski definition) is 3. The lowest BCUT2D eigenvalue weighted by Crippen LogP contribution is -2.48. The molecule has 10 nitrogen and oxygen atoms in total. The first-order chi connectivity index (χ1) is 19.8. The number of fused-ring (bicyclic) bond motifs is 1. The summed E-state index contributed by atoms with van der Waals surface area (Å²) >= 11 is 0. The lowest BCUT2D eigenvalue weighted by atomic mass is 9.76. The van der Waals surface area contributed by atoms with Crippen molar-refractivity contribution in [2.45, 2.75) is 56.9 Å². The van der Waals surface area contributed by atoms with Crippen molar-refractivity contribution in [3.05, 3.63) is 71.7 Å². The number of sulfone groups is 1. The second kappa shape index (κ2) is 11.4. The molecule has 0 saturated heterocycles. The fourth-order valence-corrected chi connectivity index (χ4v) is 7.65. The first kappa shape index (κ1) is 29.5. The molecule has 4 unspecified atom stereocenters. The number of carbonyl (C=O) groups excluding carboxylic acids is 1. The number of imidazole rings is 1. The highest BCUT2D eigenvalue weighted by Crippen LogP contribution is 2.41. The van der Waals surface area contributed by atoms with Gasteiger partial charge < -0.3 is 16.4 Å². The van der Waals surface area contributed by atoms with E-state index in [9.17, 15) is 17.6 Å². The Morgan fingerprint density at radius 2 is 1.88 bits per heavy atom. The van der Waals surface area contributed by atoms with E-state index in [-0.39, 0.29) is 35.1 Å². The quantitative estimate of drug-likeness (QED) is 0.288. The molecule has 1 aliphatic rings. The SMILES string of the molecule is CC(C)NC(=O)c1ccc(F)c(-c2ccc3cnc(Nc4cnccc4C4CC(C)C(S(C)(=O)=O)C(N)C4)n3n2)c1F. The van der Waals surface area contributed by atoms with Gasteiger partial charge in [0.2, 0.25) is 5.95 Å². The number of aromatic nitrogens is 4. The molecule has 1 aromatic carbocycles. The summed E-state index contributed by atoms with van der Waals surface area (Å²) < 4.78 is 56.5. The molecular formula is C29H33F2N7O3S. The smallest absolute Gasteiger partial charge is 0.254 e. The molecule has 1 saturated carbocycles. The van der Waals surface area contributed by atoms with Gasteiger partial charge in [0.25, 0.3) is 5.91 Å². The average molecular weight is 598 g/mol. The molecule has 5 rings (SSSR count). The van der Waals surface area contributed by atoms with Crippen LogP contribution >= 0.6 is 0 Å². The van der Waals surface area contributed by atoms with Crippen molar-refractivity contribution in [1.82, 2.24) is 24.9 Å². The van der Waals surface area contributed by atoms with E-state index in [4.69, 9.17) is 5.73 Å². The molecule has 0 aliphatic heterocycles. The molecule has 4 atom stereocenters. The Bertz CT molecular complexity index is 1750. The fourth-order valence-electron chi connectivity index (χ4n) is 5.95. The van der Waals surface area contributed by atoms with E-state index in [1.54, 1.807) is 38.5 Å².